The molecule has 0 aromatic carbocycles. The Morgan fingerprint density at radius 1 is 1.50 bits per heavy atom. The van der Waals surface area contributed by atoms with E-state index in [0.717, 1.165) is 11.8 Å². The molecule has 0 aromatic rings. The van der Waals surface area contributed by atoms with E-state index >= 15 is 0 Å². The Morgan fingerprint density at radius 2 is 2.17 bits per heavy atom. The van der Waals surface area contributed by atoms with E-state index in [9.17, 15) is 0 Å². The zero-order valence-electron chi connectivity index (χ0n) is 8.98. The predicted octanol–water partition coefficient (Wildman–Crippen LogP) is 2.67. The lowest BCUT2D eigenvalue weighted by Crippen LogP contribution is -2.21. The summed E-state index contributed by atoms with van der Waals surface area (Å²) in [5.41, 5.74) is 0.654. The summed E-state index contributed by atoms with van der Waals surface area (Å²) in [6, 6.07) is 0. The van der Waals surface area contributed by atoms with Gasteiger partial charge in [-0.15, -0.1) is 0 Å². The maximum atomic E-state index is 3.51. The third kappa shape index (κ3) is 2.01. The van der Waals surface area contributed by atoms with Crippen molar-refractivity contribution in [1.29, 1.82) is 0 Å². The molecule has 0 bridgehead atoms. The Hall–Kier alpha value is -0.0400. The smallest absolute Gasteiger partial charge is 0.00150 e. The second-order valence-corrected chi connectivity index (χ2v) is 4.77. The molecule has 1 N–H and O–H groups in total. The average molecular weight is 169 g/mol. The molecule has 0 aliphatic heterocycles. The molecule has 0 spiro atoms. The second-order valence-electron chi connectivity index (χ2n) is 4.77. The first-order chi connectivity index (χ1) is 5.61. The monoisotopic (exact) mass is 169 g/mol. The van der Waals surface area contributed by atoms with Crippen LogP contribution in [-0.4, -0.2) is 13.1 Å². The Balaban J connectivity index is 2.14. The molecular formula is C11H23N. The van der Waals surface area contributed by atoms with Crippen molar-refractivity contribution in [2.75, 3.05) is 13.1 Å². The number of nitrogens with one attached hydrogen (secondary N) is 1. The average Bonchev–Trinajstić information content (AvgIpc) is 2.64. The fourth-order valence-corrected chi connectivity index (χ4v) is 1.94. The topological polar surface area (TPSA) is 12.0 Å². The van der Waals surface area contributed by atoms with Gasteiger partial charge in [-0.25, -0.2) is 0 Å². The molecule has 0 amide bonds. The van der Waals surface area contributed by atoms with Crippen LogP contribution in [0.3, 0.4) is 0 Å². The molecule has 1 aliphatic rings. The fourth-order valence-electron chi connectivity index (χ4n) is 1.94. The molecule has 0 heterocycles. The van der Waals surface area contributed by atoms with Gasteiger partial charge < -0.3 is 5.32 Å². The molecule has 0 saturated heterocycles. The highest BCUT2D eigenvalue weighted by molar-refractivity contribution is 5.01. The Bertz CT molecular complexity index is 142. The molecule has 1 saturated carbocycles. The normalized spacial score (nSPS) is 34.2. The highest BCUT2D eigenvalue weighted by Gasteiger charge is 2.51. The molecule has 2 unspecified atom stereocenters. The Kier molecular flexibility index (Phi) is 3.16. The van der Waals surface area contributed by atoms with Crippen LogP contribution < -0.4 is 5.32 Å². The Labute approximate surface area is 76.9 Å². The standard InChI is InChI=1S/C11H23N/c1-5-6-12-8-10-7-11(10,4)9(2)3/h9-10,12H,5-8H2,1-4H3. The van der Waals surface area contributed by atoms with Gasteiger partial charge in [-0.1, -0.05) is 27.7 Å². The van der Waals surface area contributed by atoms with Gasteiger partial charge in [-0.2, -0.15) is 0 Å². The van der Waals surface area contributed by atoms with Crippen LogP contribution in [0.15, 0.2) is 0 Å². The van der Waals surface area contributed by atoms with Crippen molar-refractivity contribution in [3.05, 3.63) is 0 Å². The summed E-state index contributed by atoms with van der Waals surface area (Å²) in [5.74, 6) is 1.80. The molecule has 1 fully saturated rings. The third-order valence-electron chi connectivity index (χ3n) is 3.60. The first-order valence-corrected chi connectivity index (χ1v) is 5.32. The molecule has 1 rings (SSSR count). The van der Waals surface area contributed by atoms with Gasteiger partial charge in [0.15, 0.2) is 0 Å². The number of rotatable bonds is 5. The first-order valence-electron chi connectivity index (χ1n) is 5.32. The SMILES string of the molecule is CCCNCC1CC1(C)C(C)C. The van der Waals surface area contributed by atoms with Gasteiger partial charge in [0.05, 0.1) is 0 Å². The highest BCUT2D eigenvalue weighted by Crippen LogP contribution is 2.56. The minimum atomic E-state index is 0.654. The minimum Gasteiger partial charge on any atom is -0.316 e. The fraction of sp³-hybridized carbons (Fsp3) is 1.00. The van der Waals surface area contributed by atoms with Gasteiger partial charge in [0.1, 0.15) is 0 Å². The van der Waals surface area contributed by atoms with Gasteiger partial charge in [0.2, 0.25) is 0 Å². The molecule has 1 nitrogen and oxygen atoms in total. The van der Waals surface area contributed by atoms with E-state index in [1.807, 2.05) is 0 Å². The van der Waals surface area contributed by atoms with Crippen LogP contribution in [0.5, 0.6) is 0 Å². The van der Waals surface area contributed by atoms with Gasteiger partial charge in [0, 0.05) is 0 Å². The lowest BCUT2D eigenvalue weighted by Gasteiger charge is -2.15. The van der Waals surface area contributed by atoms with Crippen molar-refractivity contribution < 1.29 is 0 Å². The molecule has 1 aliphatic carbocycles. The summed E-state index contributed by atoms with van der Waals surface area (Å²) in [6.07, 6.45) is 2.69. The Morgan fingerprint density at radius 3 is 2.58 bits per heavy atom. The lowest BCUT2D eigenvalue weighted by atomic mass is 9.92. The van der Waals surface area contributed by atoms with Crippen molar-refractivity contribution in [1.82, 2.24) is 5.32 Å². The zero-order valence-corrected chi connectivity index (χ0v) is 8.98. The van der Waals surface area contributed by atoms with Crippen molar-refractivity contribution in [3.8, 4) is 0 Å². The van der Waals surface area contributed by atoms with Crippen LogP contribution in [-0.2, 0) is 0 Å². The summed E-state index contributed by atoms with van der Waals surface area (Å²) in [6.45, 7) is 11.8. The van der Waals surface area contributed by atoms with Crippen molar-refractivity contribution >= 4 is 0 Å². The molecule has 2 atom stereocenters. The highest BCUT2D eigenvalue weighted by atomic mass is 14.9. The van der Waals surface area contributed by atoms with E-state index in [1.165, 1.54) is 25.9 Å². The van der Waals surface area contributed by atoms with Crippen LogP contribution in [0, 0.1) is 17.3 Å². The maximum Gasteiger partial charge on any atom is -0.00150 e. The summed E-state index contributed by atoms with van der Waals surface area (Å²) >= 11 is 0. The van der Waals surface area contributed by atoms with E-state index < -0.39 is 0 Å². The summed E-state index contributed by atoms with van der Waals surface area (Å²) in [5, 5.41) is 3.51. The third-order valence-corrected chi connectivity index (χ3v) is 3.60. The largest absolute Gasteiger partial charge is 0.316 e. The van der Waals surface area contributed by atoms with Crippen molar-refractivity contribution in [3.63, 3.8) is 0 Å². The van der Waals surface area contributed by atoms with Crippen LogP contribution in [0.4, 0.5) is 0 Å². The zero-order chi connectivity index (χ0) is 9.19. The van der Waals surface area contributed by atoms with Crippen LogP contribution in [0.1, 0.15) is 40.5 Å². The molecule has 72 valence electrons. The van der Waals surface area contributed by atoms with E-state index in [4.69, 9.17) is 0 Å². The minimum absolute atomic E-state index is 0.654. The lowest BCUT2D eigenvalue weighted by molar-refractivity contribution is 0.351. The maximum absolute atomic E-state index is 3.51. The summed E-state index contributed by atoms with van der Waals surface area (Å²) < 4.78 is 0. The van der Waals surface area contributed by atoms with Gasteiger partial charge in [-0.3, -0.25) is 0 Å². The molecular weight excluding hydrogens is 146 g/mol. The summed E-state index contributed by atoms with van der Waals surface area (Å²) in [4.78, 5) is 0. The summed E-state index contributed by atoms with van der Waals surface area (Å²) in [7, 11) is 0. The van der Waals surface area contributed by atoms with E-state index in [2.05, 4.69) is 33.0 Å². The molecule has 0 aromatic heterocycles. The number of hydrogen-bond acceptors (Lipinski definition) is 1. The predicted molar refractivity (Wildman–Crippen MR) is 54.2 cm³/mol. The molecule has 0 radical (unpaired) electrons. The van der Waals surface area contributed by atoms with Crippen LogP contribution >= 0.6 is 0 Å². The van der Waals surface area contributed by atoms with Crippen molar-refractivity contribution in [2.45, 2.75) is 40.5 Å². The van der Waals surface area contributed by atoms with Crippen molar-refractivity contribution in [2.24, 2.45) is 17.3 Å². The van der Waals surface area contributed by atoms with Gasteiger partial charge in [-0.05, 0) is 43.2 Å². The first kappa shape index (κ1) is 10.0. The quantitative estimate of drug-likeness (QED) is 0.624. The number of hydrogen-bond donors (Lipinski definition) is 1. The van der Waals surface area contributed by atoms with Gasteiger partial charge in [0.25, 0.3) is 0 Å². The second kappa shape index (κ2) is 3.78. The van der Waals surface area contributed by atoms with Gasteiger partial charge >= 0.3 is 0 Å². The van der Waals surface area contributed by atoms with E-state index in [-0.39, 0.29) is 0 Å². The molecule has 12 heavy (non-hydrogen) atoms. The van der Waals surface area contributed by atoms with Crippen LogP contribution in [0.2, 0.25) is 0 Å². The molecule has 1 heteroatoms. The van der Waals surface area contributed by atoms with E-state index in [1.54, 1.807) is 0 Å². The van der Waals surface area contributed by atoms with Crippen LogP contribution in [0.25, 0.3) is 0 Å². The van der Waals surface area contributed by atoms with E-state index in [0.29, 0.717) is 5.41 Å².